The van der Waals surface area contributed by atoms with Crippen molar-refractivity contribution in [3.05, 3.63) is 30.1 Å². The first-order valence-corrected chi connectivity index (χ1v) is 7.74. The summed E-state index contributed by atoms with van der Waals surface area (Å²) in [4.78, 5) is 28.4. The second-order valence-corrected chi connectivity index (χ2v) is 5.98. The number of aromatic nitrogens is 1. The van der Waals surface area contributed by atoms with Crippen LogP contribution >= 0.6 is 7.82 Å². The first kappa shape index (κ1) is 17.0. The van der Waals surface area contributed by atoms with Gasteiger partial charge >= 0.3 is 7.82 Å². The largest absolute Gasteiger partial charge is 0.469 e. The first-order valence-electron chi connectivity index (χ1n) is 6.21. The third-order valence-electron chi connectivity index (χ3n) is 3.14. The molecular weight excluding hydrogens is 319 g/mol. The summed E-state index contributed by atoms with van der Waals surface area (Å²) in [5.41, 5.74) is 5.32. The van der Waals surface area contributed by atoms with Crippen molar-refractivity contribution >= 4 is 13.7 Å². The number of hydrogen-bond donors (Lipinski definition) is 5. The molecule has 4 atom stereocenters. The monoisotopic (exact) mass is 335 g/mol. The maximum absolute atomic E-state index is 11.1. The Morgan fingerprint density at radius 2 is 2.09 bits per heavy atom. The van der Waals surface area contributed by atoms with E-state index in [1.54, 1.807) is 0 Å². The highest BCUT2D eigenvalue weighted by Gasteiger charge is 2.48. The predicted octanol–water partition coefficient (Wildman–Crippen LogP) is -2.20. The number of pyridine rings is 1. The second kappa shape index (κ2) is 6.39. The zero-order valence-electron chi connectivity index (χ0n) is 11.2. The fourth-order valence-corrected chi connectivity index (χ4v) is 2.42. The molecule has 0 saturated carbocycles. The van der Waals surface area contributed by atoms with Gasteiger partial charge in [0.2, 0.25) is 0 Å². The van der Waals surface area contributed by atoms with E-state index in [0.29, 0.717) is 0 Å². The molecule has 11 heteroatoms. The van der Waals surface area contributed by atoms with Gasteiger partial charge in [0.05, 0.1) is 6.61 Å². The molecule has 1 fully saturated rings. The molecule has 0 radical (unpaired) electrons. The van der Waals surface area contributed by atoms with Gasteiger partial charge in [0, 0.05) is 6.07 Å². The number of carbonyl (C=O) groups is 1. The molecule has 0 spiro atoms. The van der Waals surface area contributed by atoms with Crippen molar-refractivity contribution in [2.75, 3.05) is 6.61 Å². The van der Waals surface area contributed by atoms with Crippen LogP contribution in [-0.4, -0.2) is 50.8 Å². The Morgan fingerprint density at radius 3 is 2.68 bits per heavy atom. The Bertz CT molecular complexity index is 606. The van der Waals surface area contributed by atoms with E-state index in [2.05, 4.69) is 4.52 Å². The van der Waals surface area contributed by atoms with Crippen LogP contribution in [0.1, 0.15) is 16.6 Å². The lowest BCUT2D eigenvalue weighted by molar-refractivity contribution is -0.765. The van der Waals surface area contributed by atoms with Gasteiger partial charge in [0.25, 0.3) is 12.1 Å². The molecule has 1 unspecified atom stereocenters. The third kappa shape index (κ3) is 3.87. The fourth-order valence-electron chi connectivity index (χ4n) is 2.08. The van der Waals surface area contributed by atoms with Crippen LogP contribution in [0.15, 0.2) is 24.5 Å². The topological polar surface area (TPSA) is 163 Å². The number of rotatable bonds is 5. The Kier molecular flexibility index (Phi) is 4.93. The van der Waals surface area contributed by atoms with Gasteiger partial charge in [-0.25, -0.2) is 4.57 Å². The van der Waals surface area contributed by atoms with Crippen molar-refractivity contribution in [3.63, 3.8) is 0 Å². The van der Waals surface area contributed by atoms with Crippen molar-refractivity contribution in [2.45, 2.75) is 24.5 Å². The zero-order valence-corrected chi connectivity index (χ0v) is 12.1. The maximum atomic E-state index is 11.1. The number of phosphoric acid groups is 1. The van der Waals surface area contributed by atoms with Crippen LogP contribution in [0.3, 0.4) is 0 Å². The maximum Gasteiger partial charge on any atom is 0.469 e. The smallest absolute Gasteiger partial charge is 0.387 e. The molecule has 1 aliphatic rings. The van der Waals surface area contributed by atoms with Gasteiger partial charge in [-0.1, -0.05) is 0 Å². The average molecular weight is 335 g/mol. The molecule has 6 N–H and O–H groups in total. The van der Waals surface area contributed by atoms with Gasteiger partial charge in [-0.15, -0.1) is 0 Å². The predicted molar refractivity (Wildman–Crippen MR) is 69.1 cm³/mol. The molecule has 10 nitrogen and oxygen atoms in total. The minimum absolute atomic E-state index is 0.169. The molecule has 1 amide bonds. The van der Waals surface area contributed by atoms with Crippen LogP contribution in [0.5, 0.6) is 0 Å². The lowest BCUT2D eigenvalue weighted by Crippen LogP contribution is -2.46. The highest BCUT2D eigenvalue weighted by molar-refractivity contribution is 7.46. The van der Waals surface area contributed by atoms with Crippen LogP contribution in [0.2, 0.25) is 0 Å². The third-order valence-corrected chi connectivity index (χ3v) is 3.63. The van der Waals surface area contributed by atoms with E-state index in [1.807, 2.05) is 0 Å². The molecule has 1 aliphatic heterocycles. The van der Waals surface area contributed by atoms with Crippen molar-refractivity contribution in [3.8, 4) is 0 Å². The number of nitrogens with zero attached hydrogens (tertiary/aromatic N) is 1. The summed E-state index contributed by atoms with van der Waals surface area (Å²) in [6, 6.07) is 2.97. The molecule has 2 heterocycles. The first-order chi connectivity index (χ1) is 10.2. The Morgan fingerprint density at radius 1 is 1.41 bits per heavy atom. The lowest BCUT2D eigenvalue weighted by atomic mass is 10.1. The van der Waals surface area contributed by atoms with E-state index in [1.165, 1.54) is 29.1 Å². The van der Waals surface area contributed by atoms with Crippen LogP contribution in [0.4, 0.5) is 0 Å². The number of aliphatic hydroxyl groups excluding tert-OH is 2. The van der Waals surface area contributed by atoms with Gasteiger partial charge in [0.15, 0.2) is 18.5 Å². The summed E-state index contributed by atoms with van der Waals surface area (Å²) in [5, 5.41) is 19.8. The minimum Gasteiger partial charge on any atom is -0.387 e. The van der Waals surface area contributed by atoms with Crippen LogP contribution in [0, 0.1) is 0 Å². The Balaban J connectivity index is 2.14. The standard InChI is InChI=1S/C11H15N2O8P/c12-10(16)6-2-1-3-13(4-6)11-9(15)8(14)7(21-11)5-20-22(17,18)19/h1-4,7-9,11,14-15H,5H2,(H3-,12,16,17,18,19)/p+1/t7-,8?,9+,11-/m0/s1. The molecule has 2 rings (SSSR count). The summed E-state index contributed by atoms with van der Waals surface area (Å²) >= 11 is 0. The van der Waals surface area contributed by atoms with Crippen LogP contribution in [-0.2, 0) is 13.8 Å². The van der Waals surface area contributed by atoms with Crippen LogP contribution < -0.4 is 10.3 Å². The number of carbonyl (C=O) groups excluding carboxylic acids is 1. The van der Waals surface area contributed by atoms with E-state index >= 15 is 0 Å². The Labute approximate surface area is 124 Å². The SMILES string of the molecule is NC(=O)c1ccc[n+]([C@H]2O[C@@H](COP(=O)(O)O)C(O)[C@H]2O)c1. The van der Waals surface area contributed by atoms with Crippen molar-refractivity contribution in [1.29, 1.82) is 0 Å². The average Bonchev–Trinajstić information content (AvgIpc) is 2.72. The Hall–Kier alpha value is -1.39. The number of hydrogen-bond acceptors (Lipinski definition) is 6. The number of phosphoric ester groups is 1. The van der Waals surface area contributed by atoms with E-state index in [-0.39, 0.29) is 5.56 Å². The summed E-state index contributed by atoms with van der Waals surface area (Å²) in [6.45, 7) is -0.602. The van der Waals surface area contributed by atoms with Gasteiger partial charge in [-0.2, -0.15) is 4.57 Å². The number of amides is 1. The molecule has 1 saturated heterocycles. The van der Waals surface area contributed by atoms with Crippen molar-refractivity contribution < 1.29 is 43.2 Å². The van der Waals surface area contributed by atoms with Crippen molar-refractivity contribution in [1.82, 2.24) is 0 Å². The molecule has 122 valence electrons. The number of aliphatic hydroxyl groups is 2. The molecule has 0 aliphatic carbocycles. The quantitative estimate of drug-likeness (QED) is 0.299. The second-order valence-electron chi connectivity index (χ2n) is 4.74. The van der Waals surface area contributed by atoms with Gasteiger partial charge in [0.1, 0.15) is 17.8 Å². The zero-order chi connectivity index (χ0) is 16.5. The molecule has 22 heavy (non-hydrogen) atoms. The summed E-state index contributed by atoms with van der Waals surface area (Å²) in [7, 11) is -4.72. The van der Waals surface area contributed by atoms with Crippen molar-refractivity contribution in [2.24, 2.45) is 5.73 Å². The fraction of sp³-hybridized carbons (Fsp3) is 0.455. The number of ether oxygens (including phenoxy) is 1. The van der Waals surface area contributed by atoms with E-state index in [9.17, 15) is 19.6 Å². The molecule has 1 aromatic rings. The highest BCUT2D eigenvalue weighted by Crippen LogP contribution is 2.37. The van der Waals surface area contributed by atoms with E-state index < -0.39 is 44.9 Å². The van der Waals surface area contributed by atoms with Gasteiger partial charge in [-0.05, 0) is 6.07 Å². The highest BCUT2D eigenvalue weighted by atomic mass is 31.2. The summed E-state index contributed by atoms with van der Waals surface area (Å²) in [6.07, 6.45) is -2.18. The molecular formula is C11H16N2O8P+. The van der Waals surface area contributed by atoms with Gasteiger partial charge < -0.3 is 30.5 Å². The summed E-state index contributed by atoms with van der Waals surface area (Å²) < 4.78 is 21.6. The lowest BCUT2D eigenvalue weighted by Gasteiger charge is -2.13. The minimum atomic E-state index is -4.72. The van der Waals surface area contributed by atoms with Gasteiger partial charge in [-0.3, -0.25) is 9.32 Å². The molecule has 0 bridgehead atoms. The normalized spacial score (nSPS) is 28.7. The van der Waals surface area contributed by atoms with E-state index in [4.69, 9.17) is 20.3 Å². The van der Waals surface area contributed by atoms with E-state index in [0.717, 1.165) is 0 Å². The molecule has 1 aromatic heterocycles. The molecule has 0 aromatic carbocycles. The van der Waals surface area contributed by atoms with Crippen LogP contribution in [0.25, 0.3) is 0 Å². The number of nitrogens with two attached hydrogens (primary N) is 1. The summed E-state index contributed by atoms with van der Waals surface area (Å²) in [5.74, 6) is -0.677. The number of primary amides is 1.